The van der Waals surface area contributed by atoms with E-state index in [9.17, 15) is 4.79 Å². The van der Waals surface area contributed by atoms with Gasteiger partial charge in [-0.15, -0.1) is 0 Å². The first-order valence-electron chi connectivity index (χ1n) is 8.49. The molecule has 0 aliphatic heterocycles. The quantitative estimate of drug-likeness (QED) is 0.511. The van der Waals surface area contributed by atoms with Crippen LogP contribution in [-0.2, 0) is 6.61 Å². The zero-order chi connectivity index (χ0) is 18.9. The fraction of sp³-hybridized carbons (Fsp3) is 0.0909. The highest BCUT2D eigenvalue weighted by Crippen LogP contribution is 2.19. The van der Waals surface area contributed by atoms with E-state index in [1.165, 1.54) is 0 Å². The van der Waals surface area contributed by atoms with Gasteiger partial charge in [0.1, 0.15) is 18.1 Å². The van der Waals surface area contributed by atoms with Gasteiger partial charge in [-0.2, -0.15) is 5.10 Å². The number of methoxy groups -OCH3 is 1. The first-order chi connectivity index (χ1) is 13.3. The predicted molar refractivity (Wildman–Crippen MR) is 105 cm³/mol. The van der Waals surface area contributed by atoms with Crippen LogP contribution in [0.1, 0.15) is 21.5 Å². The van der Waals surface area contributed by atoms with Crippen molar-refractivity contribution in [2.24, 2.45) is 5.10 Å². The van der Waals surface area contributed by atoms with Gasteiger partial charge in [-0.3, -0.25) is 4.79 Å². The average Bonchev–Trinajstić information content (AvgIpc) is 2.73. The molecular formula is C22H20N2O3. The van der Waals surface area contributed by atoms with Crippen LogP contribution in [0.2, 0.25) is 0 Å². The Morgan fingerprint density at radius 1 is 1.00 bits per heavy atom. The van der Waals surface area contributed by atoms with Gasteiger partial charge in [0.15, 0.2) is 0 Å². The van der Waals surface area contributed by atoms with Gasteiger partial charge < -0.3 is 9.47 Å². The first kappa shape index (κ1) is 18.2. The van der Waals surface area contributed by atoms with E-state index in [2.05, 4.69) is 10.5 Å². The van der Waals surface area contributed by atoms with Gasteiger partial charge in [0.05, 0.1) is 18.9 Å². The summed E-state index contributed by atoms with van der Waals surface area (Å²) in [5, 5.41) is 4.02. The van der Waals surface area contributed by atoms with E-state index in [-0.39, 0.29) is 5.91 Å². The maximum absolute atomic E-state index is 12.5. The van der Waals surface area contributed by atoms with Crippen LogP contribution in [0.25, 0.3) is 0 Å². The second-order valence-corrected chi connectivity index (χ2v) is 5.75. The standard InChI is InChI=1S/C22H20N2O3/c1-26-19-11-7-10-18(14-19)15-23-24-22(25)20-12-5-6-13-21(20)27-16-17-8-3-2-4-9-17/h2-15H,16H2,1H3,(H,24,25)/b23-15-. The van der Waals surface area contributed by atoms with Crippen LogP contribution >= 0.6 is 0 Å². The van der Waals surface area contributed by atoms with Crippen molar-refractivity contribution in [3.8, 4) is 11.5 Å². The van der Waals surface area contributed by atoms with Crippen LogP contribution in [-0.4, -0.2) is 19.2 Å². The number of benzene rings is 3. The van der Waals surface area contributed by atoms with Crippen molar-refractivity contribution in [2.75, 3.05) is 7.11 Å². The largest absolute Gasteiger partial charge is 0.497 e. The molecule has 0 heterocycles. The van der Waals surface area contributed by atoms with Crippen molar-refractivity contribution in [1.29, 1.82) is 0 Å². The summed E-state index contributed by atoms with van der Waals surface area (Å²) in [5.74, 6) is 0.901. The molecule has 0 radical (unpaired) electrons. The van der Waals surface area contributed by atoms with Crippen LogP contribution in [0, 0.1) is 0 Å². The summed E-state index contributed by atoms with van der Waals surface area (Å²) >= 11 is 0. The van der Waals surface area contributed by atoms with E-state index in [0.717, 1.165) is 16.9 Å². The van der Waals surface area contributed by atoms with Crippen LogP contribution in [0.3, 0.4) is 0 Å². The third-order valence-electron chi connectivity index (χ3n) is 3.84. The molecule has 0 aromatic heterocycles. The molecule has 136 valence electrons. The molecular weight excluding hydrogens is 340 g/mol. The molecule has 5 nitrogen and oxygen atoms in total. The van der Waals surface area contributed by atoms with E-state index in [1.54, 1.807) is 31.5 Å². The van der Waals surface area contributed by atoms with Gasteiger partial charge in [-0.25, -0.2) is 5.43 Å². The molecule has 0 bridgehead atoms. The lowest BCUT2D eigenvalue weighted by atomic mass is 10.2. The minimum atomic E-state index is -0.335. The van der Waals surface area contributed by atoms with Gasteiger partial charge in [0.25, 0.3) is 5.91 Å². The third kappa shape index (κ3) is 5.19. The van der Waals surface area contributed by atoms with Crippen LogP contribution in [0.5, 0.6) is 11.5 Å². The van der Waals surface area contributed by atoms with Crippen molar-refractivity contribution in [3.63, 3.8) is 0 Å². The van der Waals surface area contributed by atoms with E-state index >= 15 is 0 Å². The molecule has 3 rings (SSSR count). The molecule has 0 aliphatic rings. The highest BCUT2D eigenvalue weighted by Gasteiger charge is 2.11. The minimum absolute atomic E-state index is 0.335. The van der Waals surface area contributed by atoms with Crippen molar-refractivity contribution < 1.29 is 14.3 Å². The molecule has 1 N–H and O–H groups in total. The lowest BCUT2D eigenvalue weighted by Gasteiger charge is -2.10. The zero-order valence-electron chi connectivity index (χ0n) is 15.0. The molecule has 5 heteroatoms. The summed E-state index contributed by atoms with van der Waals surface area (Å²) in [4.78, 5) is 12.5. The van der Waals surface area contributed by atoms with E-state index in [4.69, 9.17) is 9.47 Å². The number of nitrogens with one attached hydrogen (secondary N) is 1. The number of carbonyl (C=O) groups is 1. The molecule has 0 spiro atoms. The molecule has 0 aliphatic carbocycles. The second kappa shape index (κ2) is 9.20. The van der Waals surface area contributed by atoms with E-state index in [1.807, 2.05) is 60.7 Å². The highest BCUT2D eigenvalue weighted by atomic mass is 16.5. The topological polar surface area (TPSA) is 59.9 Å². The molecule has 3 aromatic carbocycles. The lowest BCUT2D eigenvalue weighted by Crippen LogP contribution is -2.18. The number of para-hydroxylation sites is 1. The zero-order valence-corrected chi connectivity index (χ0v) is 15.0. The SMILES string of the molecule is COc1cccc(/C=N\NC(=O)c2ccccc2OCc2ccccc2)c1. The Morgan fingerprint density at radius 2 is 1.78 bits per heavy atom. The van der Waals surface area contributed by atoms with Gasteiger partial charge in [0.2, 0.25) is 0 Å². The predicted octanol–water partition coefficient (Wildman–Crippen LogP) is 4.04. The monoisotopic (exact) mass is 360 g/mol. The third-order valence-corrected chi connectivity index (χ3v) is 3.84. The summed E-state index contributed by atoms with van der Waals surface area (Å²) in [6.07, 6.45) is 1.56. The lowest BCUT2D eigenvalue weighted by molar-refractivity contribution is 0.0950. The number of amides is 1. The second-order valence-electron chi connectivity index (χ2n) is 5.75. The number of hydrazone groups is 1. The number of hydrogen-bond acceptors (Lipinski definition) is 4. The Labute approximate surface area is 158 Å². The van der Waals surface area contributed by atoms with Crippen molar-refractivity contribution in [1.82, 2.24) is 5.43 Å². The summed E-state index contributed by atoms with van der Waals surface area (Å²) in [7, 11) is 1.60. The van der Waals surface area contributed by atoms with Crippen LogP contribution < -0.4 is 14.9 Å². The number of carbonyl (C=O) groups excluding carboxylic acids is 1. The van der Waals surface area contributed by atoms with Gasteiger partial charge in [0, 0.05) is 0 Å². The Balaban J connectivity index is 1.65. The van der Waals surface area contributed by atoms with Crippen molar-refractivity contribution in [2.45, 2.75) is 6.61 Å². The Hall–Kier alpha value is -3.60. The molecule has 0 atom stereocenters. The molecule has 27 heavy (non-hydrogen) atoms. The number of hydrogen-bond donors (Lipinski definition) is 1. The summed E-state index contributed by atoms with van der Waals surface area (Å²) in [5.41, 5.74) is 4.81. The molecule has 1 amide bonds. The van der Waals surface area contributed by atoms with E-state index in [0.29, 0.717) is 17.9 Å². The van der Waals surface area contributed by atoms with Gasteiger partial charge in [-0.1, -0.05) is 54.6 Å². The van der Waals surface area contributed by atoms with E-state index < -0.39 is 0 Å². The maximum Gasteiger partial charge on any atom is 0.275 e. The minimum Gasteiger partial charge on any atom is -0.497 e. The van der Waals surface area contributed by atoms with Crippen molar-refractivity contribution in [3.05, 3.63) is 95.6 Å². The number of nitrogens with zero attached hydrogens (tertiary/aromatic N) is 1. The Bertz CT molecular complexity index is 924. The van der Waals surface area contributed by atoms with Crippen molar-refractivity contribution >= 4 is 12.1 Å². The molecule has 0 saturated carbocycles. The van der Waals surface area contributed by atoms with Gasteiger partial charge in [-0.05, 0) is 35.4 Å². The summed E-state index contributed by atoms with van der Waals surface area (Å²) < 4.78 is 11.0. The normalized spacial score (nSPS) is 10.6. The smallest absolute Gasteiger partial charge is 0.275 e. The first-order valence-corrected chi connectivity index (χ1v) is 8.49. The fourth-order valence-corrected chi connectivity index (χ4v) is 2.46. The van der Waals surface area contributed by atoms with Crippen LogP contribution in [0.15, 0.2) is 84.0 Å². The molecule has 0 saturated heterocycles. The number of rotatable bonds is 7. The Morgan fingerprint density at radius 3 is 2.59 bits per heavy atom. The molecule has 0 unspecified atom stereocenters. The highest BCUT2D eigenvalue weighted by molar-refractivity contribution is 5.97. The number of ether oxygens (including phenoxy) is 2. The average molecular weight is 360 g/mol. The van der Waals surface area contributed by atoms with Gasteiger partial charge >= 0.3 is 0 Å². The fourth-order valence-electron chi connectivity index (χ4n) is 2.46. The summed E-state index contributed by atoms with van der Waals surface area (Å²) in [6.45, 7) is 0.387. The van der Waals surface area contributed by atoms with Crippen LogP contribution in [0.4, 0.5) is 0 Å². The summed E-state index contributed by atoms with van der Waals surface area (Å²) in [6, 6.07) is 24.3. The maximum atomic E-state index is 12.5. The molecule has 3 aromatic rings. The molecule has 0 fully saturated rings. The Kier molecular flexibility index (Phi) is 6.20.